The molecule has 0 bridgehead atoms. The summed E-state index contributed by atoms with van der Waals surface area (Å²) in [7, 11) is 4.99. The van der Waals surface area contributed by atoms with E-state index in [9.17, 15) is 9.59 Å². The monoisotopic (exact) mass is 413 g/mol. The van der Waals surface area contributed by atoms with Gasteiger partial charge in [-0.25, -0.2) is 4.79 Å². The molecule has 1 amide bonds. The summed E-state index contributed by atoms with van der Waals surface area (Å²) in [4.78, 5) is 25.4. The van der Waals surface area contributed by atoms with E-state index >= 15 is 0 Å². The molecule has 0 unspecified atom stereocenters. The molecule has 8 heteroatoms. The Morgan fingerprint density at radius 2 is 1.70 bits per heavy atom. The van der Waals surface area contributed by atoms with E-state index in [0.29, 0.717) is 41.5 Å². The Labute approximate surface area is 175 Å². The number of imidazole rings is 1. The number of nitrogens with one attached hydrogen (secondary N) is 1. The molecule has 0 saturated carbocycles. The molecule has 1 N–H and O–H groups in total. The average molecular weight is 413 g/mol. The van der Waals surface area contributed by atoms with Gasteiger partial charge in [0, 0.05) is 27.3 Å². The molecule has 8 nitrogen and oxygen atoms in total. The number of benzene rings is 2. The largest absolute Gasteiger partial charge is 0.490 e. The van der Waals surface area contributed by atoms with Gasteiger partial charge in [0.05, 0.1) is 35.0 Å². The van der Waals surface area contributed by atoms with Crippen LogP contribution in [-0.4, -0.2) is 41.5 Å². The summed E-state index contributed by atoms with van der Waals surface area (Å²) >= 11 is 0. The lowest BCUT2D eigenvalue weighted by atomic mass is 10.1. The summed E-state index contributed by atoms with van der Waals surface area (Å²) in [5.41, 5.74) is 2.14. The quantitative estimate of drug-likeness (QED) is 0.574. The van der Waals surface area contributed by atoms with Crippen LogP contribution in [0.15, 0.2) is 41.2 Å². The molecular weight excluding hydrogens is 386 g/mol. The lowest BCUT2D eigenvalue weighted by molar-refractivity contribution is 0.101. The number of para-hydroxylation sites is 1. The predicted molar refractivity (Wildman–Crippen MR) is 116 cm³/mol. The molecule has 0 saturated heterocycles. The number of nitrogens with zero attached hydrogens (tertiary/aromatic N) is 2. The summed E-state index contributed by atoms with van der Waals surface area (Å²) in [6.07, 6.45) is -0.108. The standard InChI is InChI=1S/C22H27N3O5/c1-14(2)30-20-13-18-17(24(3)22(27)25(18)4)12-16(20)23-21(26)15-8-6-7-9-19(15)29-11-10-28-5/h6-9,12-14H,10-11H2,1-5H3,(H,23,26). The maximum absolute atomic E-state index is 13.0. The first-order chi connectivity index (χ1) is 14.3. The first-order valence-electron chi connectivity index (χ1n) is 9.71. The molecule has 0 atom stereocenters. The second kappa shape index (κ2) is 9.04. The van der Waals surface area contributed by atoms with Gasteiger partial charge >= 0.3 is 5.69 Å². The van der Waals surface area contributed by atoms with Gasteiger partial charge in [0.15, 0.2) is 0 Å². The molecule has 30 heavy (non-hydrogen) atoms. The zero-order valence-electron chi connectivity index (χ0n) is 17.9. The number of carbonyl (C=O) groups excluding carboxylic acids is 1. The van der Waals surface area contributed by atoms with E-state index in [2.05, 4.69) is 5.32 Å². The number of anilines is 1. The molecular formula is C22H27N3O5. The summed E-state index contributed by atoms with van der Waals surface area (Å²) in [5.74, 6) is 0.619. The van der Waals surface area contributed by atoms with Crippen molar-refractivity contribution in [3.63, 3.8) is 0 Å². The highest BCUT2D eigenvalue weighted by Gasteiger charge is 2.18. The van der Waals surface area contributed by atoms with E-state index in [1.807, 2.05) is 13.8 Å². The zero-order valence-corrected chi connectivity index (χ0v) is 17.9. The zero-order chi connectivity index (χ0) is 21.8. The fourth-order valence-electron chi connectivity index (χ4n) is 3.18. The third kappa shape index (κ3) is 4.33. The number of amides is 1. The van der Waals surface area contributed by atoms with Gasteiger partial charge in [0.2, 0.25) is 0 Å². The maximum Gasteiger partial charge on any atom is 0.328 e. The minimum atomic E-state index is -0.336. The van der Waals surface area contributed by atoms with Crippen LogP contribution in [0.2, 0.25) is 0 Å². The van der Waals surface area contributed by atoms with Gasteiger partial charge in [0.25, 0.3) is 5.91 Å². The summed E-state index contributed by atoms with van der Waals surface area (Å²) in [6, 6.07) is 10.5. The molecule has 2 aromatic carbocycles. The fourth-order valence-corrected chi connectivity index (χ4v) is 3.18. The topological polar surface area (TPSA) is 83.7 Å². The molecule has 0 fully saturated rings. The number of carbonyl (C=O) groups is 1. The van der Waals surface area contributed by atoms with Crippen LogP contribution in [-0.2, 0) is 18.8 Å². The molecule has 0 aliphatic heterocycles. The number of rotatable bonds is 8. The van der Waals surface area contributed by atoms with Crippen LogP contribution in [0, 0.1) is 0 Å². The Hall–Kier alpha value is -3.26. The van der Waals surface area contributed by atoms with Crippen LogP contribution in [0.3, 0.4) is 0 Å². The first-order valence-corrected chi connectivity index (χ1v) is 9.71. The van der Waals surface area contributed by atoms with Crippen molar-refractivity contribution in [1.29, 1.82) is 0 Å². The maximum atomic E-state index is 13.0. The molecule has 0 aliphatic rings. The normalized spacial score (nSPS) is 11.1. The summed E-state index contributed by atoms with van der Waals surface area (Å²) in [5, 5.41) is 2.91. The van der Waals surface area contributed by atoms with Gasteiger partial charge in [-0.1, -0.05) is 12.1 Å². The van der Waals surface area contributed by atoms with E-state index in [4.69, 9.17) is 14.2 Å². The van der Waals surface area contributed by atoms with Crippen molar-refractivity contribution in [3.8, 4) is 11.5 Å². The molecule has 1 heterocycles. The number of methoxy groups -OCH3 is 1. The van der Waals surface area contributed by atoms with Crippen molar-refractivity contribution >= 4 is 22.6 Å². The van der Waals surface area contributed by atoms with E-state index in [0.717, 1.165) is 5.52 Å². The Kier molecular flexibility index (Phi) is 6.47. The first kappa shape index (κ1) is 21.4. The molecule has 0 radical (unpaired) electrons. The van der Waals surface area contributed by atoms with Gasteiger partial charge in [-0.3, -0.25) is 13.9 Å². The Morgan fingerprint density at radius 3 is 2.37 bits per heavy atom. The molecule has 0 spiro atoms. The lowest BCUT2D eigenvalue weighted by Gasteiger charge is -2.17. The Morgan fingerprint density at radius 1 is 1.03 bits per heavy atom. The highest BCUT2D eigenvalue weighted by atomic mass is 16.5. The SMILES string of the molecule is COCCOc1ccccc1C(=O)Nc1cc2c(cc1OC(C)C)n(C)c(=O)n2C. The number of ether oxygens (including phenoxy) is 3. The van der Waals surface area contributed by atoms with Crippen molar-refractivity contribution in [3.05, 3.63) is 52.4 Å². The number of hydrogen-bond acceptors (Lipinski definition) is 5. The van der Waals surface area contributed by atoms with Crippen LogP contribution in [0.25, 0.3) is 11.0 Å². The average Bonchev–Trinajstić information content (AvgIpc) is 2.92. The van der Waals surface area contributed by atoms with Crippen molar-refractivity contribution in [1.82, 2.24) is 9.13 Å². The van der Waals surface area contributed by atoms with Crippen LogP contribution in [0.4, 0.5) is 5.69 Å². The van der Waals surface area contributed by atoms with Crippen LogP contribution >= 0.6 is 0 Å². The number of fused-ring (bicyclic) bond motifs is 1. The second-order valence-corrected chi connectivity index (χ2v) is 7.20. The van der Waals surface area contributed by atoms with Gasteiger partial charge in [0.1, 0.15) is 18.1 Å². The summed E-state index contributed by atoms with van der Waals surface area (Å²) < 4.78 is 19.7. The third-order valence-electron chi connectivity index (χ3n) is 4.66. The third-order valence-corrected chi connectivity index (χ3v) is 4.66. The van der Waals surface area contributed by atoms with Gasteiger partial charge < -0.3 is 19.5 Å². The van der Waals surface area contributed by atoms with Crippen molar-refractivity contribution in [2.24, 2.45) is 14.1 Å². The minimum absolute atomic E-state index is 0.108. The predicted octanol–water partition coefficient (Wildman–Crippen LogP) is 2.94. The molecule has 1 aromatic heterocycles. The molecule has 160 valence electrons. The second-order valence-electron chi connectivity index (χ2n) is 7.20. The van der Waals surface area contributed by atoms with E-state index < -0.39 is 0 Å². The highest BCUT2D eigenvalue weighted by molar-refractivity contribution is 6.07. The highest BCUT2D eigenvalue weighted by Crippen LogP contribution is 2.32. The molecule has 3 rings (SSSR count). The van der Waals surface area contributed by atoms with E-state index in [1.165, 1.54) is 4.57 Å². The lowest BCUT2D eigenvalue weighted by Crippen LogP contribution is -2.19. The van der Waals surface area contributed by atoms with Gasteiger partial charge in [-0.05, 0) is 32.0 Å². The van der Waals surface area contributed by atoms with Crippen LogP contribution in [0.5, 0.6) is 11.5 Å². The minimum Gasteiger partial charge on any atom is -0.490 e. The Balaban J connectivity index is 1.99. The van der Waals surface area contributed by atoms with E-state index in [1.54, 1.807) is 62.2 Å². The van der Waals surface area contributed by atoms with Crippen molar-refractivity contribution in [2.75, 3.05) is 25.6 Å². The van der Waals surface area contributed by atoms with Crippen LogP contribution < -0.4 is 20.5 Å². The van der Waals surface area contributed by atoms with E-state index in [-0.39, 0.29) is 17.7 Å². The van der Waals surface area contributed by atoms with Gasteiger partial charge in [-0.2, -0.15) is 0 Å². The van der Waals surface area contributed by atoms with Gasteiger partial charge in [-0.15, -0.1) is 0 Å². The summed E-state index contributed by atoms with van der Waals surface area (Å²) in [6.45, 7) is 4.55. The van der Waals surface area contributed by atoms with Crippen molar-refractivity contribution in [2.45, 2.75) is 20.0 Å². The fraction of sp³-hybridized carbons (Fsp3) is 0.364. The molecule has 0 aliphatic carbocycles. The molecule has 3 aromatic rings. The van der Waals surface area contributed by atoms with Crippen molar-refractivity contribution < 1.29 is 19.0 Å². The number of aryl methyl sites for hydroxylation is 2. The smallest absolute Gasteiger partial charge is 0.328 e. The number of hydrogen-bond donors (Lipinski definition) is 1. The Bertz CT molecular complexity index is 1110. The van der Waals surface area contributed by atoms with Crippen LogP contribution in [0.1, 0.15) is 24.2 Å². The number of aromatic nitrogens is 2.